The highest BCUT2D eigenvalue weighted by molar-refractivity contribution is 5.06. The lowest BCUT2D eigenvalue weighted by molar-refractivity contribution is 0.0678. The van der Waals surface area contributed by atoms with Crippen molar-refractivity contribution in [2.45, 2.75) is 25.7 Å². The summed E-state index contributed by atoms with van der Waals surface area (Å²) in [6, 6.07) is 0. The molecule has 2 N–H and O–H groups in total. The van der Waals surface area contributed by atoms with E-state index >= 15 is 0 Å². The maximum Gasteiger partial charge on any atom is 0.254 e. The molecule has 0 heterocycles. The van der Waals surface area contributed by atoms with E-state index in [0.717, 1.165) is 0 Å². The molecule has 1 saturated carbocycles. The average Bonchev–Trinajstić information content (AvgIpc) is 2.07. The number of hydrogen-bond donors (Lipinski definition) is 1. The van der Waals surface area contributed by atoms with Gasteiger partial charge in [-0.05, 0) is 13.0 Å². The molecule has 1 fully saturated rings. The summed E-state index contributed by atoms with van der Waals surface area (Å²) in [5.41, 5.74) is 4.38. The van der Waals surface area contributed by atoms with Crippen molar-refractivity contribution in [3.05, 3.63) is 0 Å². The highest BCUT2D eigenvalue weighted by Crippen LogP contribution is 2.61. The monoisotopic (exact) mass is 135 g/mol. The van der Waals surface area contributed by atoms with Crippen LogP contribution in [0.4, 0.5) is 8.78 Å². The van der Waals surface area contributed by atoms with Crippen molar-refractivity contribution < 1.29 is 8.78 Å². The Balaban J connectivity index is 2.42. The zero-order valence-electron chi connectivity index (χ0n) is 5.45. The highest BCUT2D eigenvalue weighted by atomic mass is 19.3. The summed E-state index contributed by atoms with van der Waals surface area (Å²) in [5.74, 6) is -2.42. The first-order valence-corrected chi connectivity index (χ1v) is 3.10. The molecular formula is C6H11F2N. The van der Waals surface area contributed by atoms with Gasteiger partial charge in [0.05, 0.1) is 0 Å². The number of nitrogens with two attached hydrogens (primary N) is 1. The summed E-state index contributed by atoms with van der Waals surface area (Å²) in [6.07, 6.45) is 0.469. The van der Waals surface area contributed by atoms with Gasteiger partial charge in [-0.15, -0.1) is 0 Å². The first-order valence-electron chi connectivity index (χ1n) is 3.10. The fourth-order valence-corrected chi connectivity index (χ4v) is 1.04. The van der Waals surface area contributed by atoms with Crippen LogP contribution in [0.3, 0.4) is 0 Å². The second kappa shape index (κ2) is 1.66. The van der Waals surface area contributed by atoms with E-state index in [0.29, 0.717) is 13.0 Å². The van der Waals surface area contributed by atoms with E-state index in [1.807, 2.05) is 0 Å². The lowest BCUT2D eigenvalue weighted by atomic mass is 10.1. The third-order valence-corrected chi connectivity index (χ3v) is 2.07. The molecule has 0 aromatic heterocycles. The van der Waals surface area contributed by atoms with Crippen LogP contribution >= 0.6 is 0 Å². The Bertz CT molecular complexity index is 124. The Labute approximate surface area is 53.2 Å². The minimum absolute atomic E-state index is 0.0250. The van der Waals surface area contributed by atoms with Gasteiger partial charge < -0.3 is 5.73 Å². The van der Waals surface area contributed by atoms with Crippen LogP contribution in [0.25, 0.3) is 0 Å². The predicted octanol–water partition coefficient (Wildman–Crippen LogP) is 1.38. The van der Waals surface area contributed by atoms with Crippen LogP contribution < -0.4 is 5.73 Å². The molecule has 0 amide bonds. The molecule has 54 valence electrons. The Kier molecular flexibility index (Phi) is 1.28. The SMILES string of the molecule is C[C@@]1(CCN)CC1(F)F. The molecule has 0 aliphatic heterocycles. The van der Waals surface area contributed by atoms with Crippen LogP contribution in [0.1, 0.15) is 19.8 Å². The summed E-state index contributed by atoms with van der Waals surface area (Å²) < 4.78 is 24.6. The fourth-order valence-electron chi connectivity index (χ4n) is 1.04. The number of hydrogen-bond acceptors (Lipinski definition) is 1. The van der Waals surface area contributed by atoms with Crippen molar-refractivity contribution in [1.29, 1.82) is 0 Å². The van der Waals surface area contributed by atoms with Crippen molar-refractivity contribution in [1.82, 2.24) is 0 Å². The van der Waals surface area contributed by atoms with Crippen molar-refractivity contribution >= 4 is 0 Å². The molecule has 0 aromatic carbocycles. The van der Waals surface area contributed by atoms with Gasteiger partial charge in [-0.1, -0.05) is 6.92 Å². The summed E-state index contributed by atoms with van der Waals surface area (Å²) >= 11 is 0. The Hall–Kier alpha value is -0.180. The molecule has 1 nitrogen and oxygen atoms in total. The maximum atomic E-state index is 12.3. The van der Waals surface area contributed by atoms with Crippen LogP contribution in [0, 0.1) is 5.41 Å². The van der Waals surface area contributed by atoms with Gasteiger partial charge in [0, 0.05) is 11.8 Å². The molecule has 1 aliphatic rings. The molecule has 9 heavy (non-hydrogen) atoms. The quantitative estimate of drug-likeness (QED) is 0.608. The Morgan fingerprint density at radius 2 is 2.00 bits per heavy atom. The normalized spacial score (nSPS) is 38.7. The number of halogens is 2. The van der Waals surface area contributed by atoms with Crippen molar-refractivity contribution in [3.63, 3.8) is 0 Å². The van der Waals surface area contributed by atoms with Crippen molar-refractivity contribution in [3.8, 4) is 0 Å². The molecule has 3 heteroatoms. The highest BCUT2D eigenvalue weighted by Gasteiger charge is 2.66. The van der Waals surface area contributed by atoms with E-state index in [2.05, 4.69) is 0 Å². The first kappa shape index (κ1) is 6.93. The van der Waals surface area contributed by atoms with E-state index in [1.54, 1.807) is 6.92 Å². The topological polar surface area (TPSA) is 26.0 Å². The van der Waals surface area contributed by atoms with Gasteiger partial charge >= 0.3 is 0 Å². The molecule has 0 radical (unpaired) electrons. The molecule has 1 aliphatic carbocycles. The largest absolute Gasteiger partial charge is 0.330 e. The lowest BCUT2D eigenvalue weighted by Crippen LogP contribution is -2.12. The van der Waals surface area contributed by atoms with Crippen molar-refractivity contribution in [2.75, 3.05) is 6.54 Å². The zero-order chi connectivity index (χ0) is 7.12. The standard InChI is InChI=1S/C6H11F2N/c1-5(2-3-9)4-6(5,7)8/h2-4,9H2,1H3/t5-/m1/s1. The molecule has 0 saturated heterocycles. The van der Waals surface area contributed by atoms with Gasteiger partial charge in [-0.25, -0.2) is 8.78 Å². The number of rotatable bonds is 2. The van der Waals surface area contributed by atoms with E-state index in [4.69, 9.17) is 5.73 Å². The van der Waals surface area contributed by atoms with Gasteiger partial charge in [0.25, 0.3) is 5.92 Å². The Morgan fingerprint density at radius 1 is 1.56 bits per heavy atom. The smallest absolute Gasteiger partial charge is 0.254 e. The van der Waals surface area contributed by atoms with Gasteiger partial charge in [-0.2, -0.15) is 0 Å². The minimum Gasteiger partial charge on any atom is -0.330 e. The summed E-state index contributed by atoms with van der Waals surface area (Å²) in [7, 11) is 0. The summed E-state index contributed by atoms with van der Waals surface area (Å²) in [4.78, 5) is 0. The van der Waals surface area contributed by atoms with Gasteiger partial charge in [0.1, 0.15) is 0 Å². The third-order valence-electron chi connectivity index (χ3n) is 2.07. The molecule has 1 rings (SSSR count). The minimum atomic E-state index is -2.42. The molecule has 0 spiro atoms. The van der Waals surface area contributed by atoms with Crippen LogP contribution in [-0.2, 0) is 0 Å². The summed E-state index contributed by atoms with van der Waals surface area (Å²) in [5, 5.41) is 0. The molecule has 0 aromatic rings. The second-order valence-electron chi connectivity index (χ2n) is 2.98. The van der Waals surface area contributed by atoms with Gasteiger partial charge in [0.15, 0.2) is 0 Å². The van der Waals surface area contributed by atoms with Gasteiger partial charge in [0.2, 0.25) is 0 Å². The lowest BCUT2D eigenvalue weighted by Gasteiger charge is -2.05. The average molecular weight is 135 g/mol. The maximum absolute atomic E-state index is 12.3. The van der Waals surface area contributed by atoms with E-state index in [9.17, 15) is 8.78 Å². The van der Waals surface area contributed by atoms with E-state index < -0.39 is 11.3 Å². The zero-order valence-corrected chi connectivity index (χ0v) is 5.45. The first-order chi connectivity index (χ1) is 4.02. The van der Waals surface area contributed by atoms with E-state index in [-0.39, 0.29) is 6.42 Å². The summed E-state index contributed by atoms with van der Waals surface area (Å²) in [6.45, 7) is 1.95. The van der Waals surface area contributed by atoms with Crippen LogP contribution in [-0.4, -0.2) is 12.5 Å². The van der Waals surface area contributed by atoms with Crippen LogP contribution in [0.15, 0.2) is 0 Å². The van der Waals surface area contributed by atoms with Crippen LogP contribution in [0.5, 0.6) is 0 Å². The fraction of sp³-hybridized carbons (Fsp3) is 1.00. The Morgan fingerprint density at radius 3 is 2.11 bits per heavy atom. The van der Waals surface area contributed by atoms with Crippen molar-refractivity contribution in [2.24, 2.45) is 11.1 Å². The predicted molar refractivity (Wildman–Crippen MR) is 31.3 cm³/mol. The van der Waals surface area contributed by atoms with Crippen LogP contribution in [0.2, 0.25) is 0 Å². The van der Waals surface area contributed by atoms with Gasteiger partial charge in [-0.3, -0.25) is 0 Å². The molecule has 0 unspecified atom stereocenters. The second-order valence-corrected chi connectivity index (χ2v) is 2.98. The third kappa shape index (κ3) is 0.936. The van der Waals surface area contributed by atoms with E-state index in [1.165, 1.54) is 0 Å². The number of alkyl halides is 2. The molecule has 0 bridgehead atoms. The molecule has 1 atom stereocenters. The molecular weight excluding hydrogens is 124 g/mol.